The van der Waals surface area contributed by atoms with Crippen LogP contribution in [0.3, 0.4) is 0 Å². The lowest BCUT2D eigenvalue weighted by Gasteiger charge is -2.13. The highest BCUT2D eigenvalue weighted by atomic mass is 16.3. The fraction of sp³-hybridized carbons (Fsp3) is 0.125. The Balaban J connectivity index is 2.23. The quantitative estimate of drug-likeness (QED) is 0.627. The van der Waals surface area contributed by atoms with E-state index in [0.717, 1.165) is 16.5 Å². The third-order valence-corrected chi connectivity index (χ3v) is 3.51. The largest absolute Gasteiger partial charge is 0.503 e. The van der Waals surface area contributed by atoms with E-state index in [4.69, 9.17) is 5.11 Å². The second-order valence-corrected chi connectivity index (χ2v) is 4.74. The molecule has 0 atom stereocenters. The Bertz CT molecular complexity index is 891. The molecule has 0 bridgehead atoms. The number of nitrogens with one attached hydrogen (secondary N) is 1. The lowest BCUT2D eigenvalue weighted by Crippen LogP contribution is -2.31. The molecule has 0 aliphatic rings. The molecule has 3 aromatic rings. The molecule has 21 heavy (non-hydrogen) atoms. The second kappa shape index (κ2) is 5.03. The van der Waals surface area contributed by atoms with Crippen molar-refractivity contribution in [1.29, 1.82) is 0 Å². The number of benzene rings is 2. The fourth-order valence-electron chi connectivity index (χ4n) is 2.49. The highest BCUT2D eigenvalue weighted by Gasteiger charge is 2.23. The van der Waals surface area contributed by atoms with Gasteiger partial charge in [-0.3, -0.25) is 9.59 Å². The van der Waals surface area contributed by atoms with Crippen LogP contribution in [0, 0.1) is 0 Å². The smallest absolute Gasteiger partial charge is 0.268 e. The van der Waals surface area contributed by atoms with Crippen molar-refractivity contribution >= 4 is 16.5 Å². The Labute approximate surface area is 119 Å². The summed E-state index contributed by atoms with van der Waals surface area (Å²) in [7, 11) is 0. The van der Waals surface area contributed by atoms with Gasteiger partial charge in [-0.25, -0.2) is 0 Å². The maximum atomic E-state index is 11.7. The average molecular weight is 283 g/mol. The average Bonchev–Trinajstić information content (AvgIpc) is 2.53. The number of hydrogen-bond acceptors (Lipinski definition) is 5. The summed E-state index contributed by atoms with van der Waals surface area (Å²) < 4.78 is 0. The zero-order valence-electron chi connectivity index (χ0n) is 11.1. The minimum Gasteiger partial charge on any atom is -0.503 e. The minimum atomic E-state index is -0.837. The molecule has 5 heteroatoms. The van der Waals surface area contributed by atoms with Crippen molar-refractivity contribution in [2.45, 2.75) is 0 Å². The van der Waals surface area contributed by atoms with Crippen LogP contribution in [0.4, 0.5) is 5.69 Å². The molecule has 106 valence electrons. The van der Waals surface area contributed by atoms with E-state index in [2.05, 4.69) is 5.32 Å². The third-order valence-electron chi connectivity index (χ3n) is 3.51. The first kappa shape index (κ1) is 13.3. The number of rotatable bonds is 4. The van der Waals surface area contributed by atoms with Gasteiger partial charge in [0.2, 0.25) is 5.43 Å². The Kier molecular flexibility index (Phi) is 3.19. The summed E-state index contributed by atoms with van der Waals surface area (Å²) in [6.45, 7) is 0.420. The van der Waals surface area contributed by atoms with Crippen molar-refractivity contribution in [3.8, 4) is 16.9 Å². The molecule has 5 nitrogen and oxygen atoms in total. The summed E-state index contributed by atoms with van der Waals surface area (Å²) in [6, 6.07) is 10.8. The van der Waals surface area contributed by atoms with Crippen LogP contribution in [-0.2, 0) is 0 Å². The standard InChI is InChI=1S/C16H13NO4/c18-8-7-17-12-6-5-11(9-3-1-2-4-10(9)12)13-14(19)16(21)15(13)20/h1-6,17-19H,7-8H2. The Morgan fingerprint density at radius 3 is 2.33 bits per heavy atom. The molecule has 0 saturated heterocycles. The van der Waals surface area contributed by atoms with E-state index in [1.807, 2.05) is 24.3 Å². The first-order valence-corrected chi connectivity index (χ1v) is 6.54. The molecule has 0 aliphatic heterocycles. The van der Waals surface area contributed by atoms with E-state index < -0.39 is 16.6 Å². The van der Waals surface area contributed by atoms with E-state index >= 15 is 0 Å². The van der Waals surface area contributed by atoms with Gasteiger partial charge in [0, 0.05) is 17.6 Å². The second-order valence-electron chi connectivity index (χ2n) is 4.74. The third kappa shape index (κ3) is 1.98. The lowest BCUT2D eigenvalue weighted by molar-refractivity contribution is 0.311. The molecule has 0 aliphatic carbocycles. The molecule has 0 fully saturated rings. The molecule has 0 unspecified atom stereocenters. The van der Waals surface area contributed by atoms with Gasteiger partial charge in [-0.05, 0) is 17.0 Å². The topological polar surface area (TPSA) is 86.6 Å². The van der Waals surface area contributed by atoms with Crippen molar-refractivity contribution in [3.63, 3.8) is 0 Å². The number of aliphatic hydroxyl groups is 1. The monoisotopic (exact) mass is 283 g/mol. The number of fused-ring (bicyclic) bond motifs is 1. The predicted molar refractivity (Wildman–Crippen MR) is 81.5 cm³/mol. The summed E-state index contributed by atoms with van der Waals surface area (Å²) in [5.74, 6) is -0.471. The van der Waals surface area contributed by atoms with Gasteiger partial charge in [0.25, 0.3) is 5.43 Å². The Morgan fingerprint density at radius 2 is 1.67 bits per heavy atom. The van der Waals surface area contributed by atoms with Gasteiger partial charge in [0.15, 0.2) is 5.75 Å². The summed E-state index contributed by atoms with van der Waals surface area (Å²) in [5.41, 5.74) is -0.0565. The van der Waals surface area contributed by atoms with E-state index in [-0.39, 0.29) is 12.2 Å². The molecule has 3 N–H and O–H groups in total. The zero-order chi connectivity index (χ0) is 15.0. The maximum Gasteiger partial charge on any atom is 0.268 e. The van der Waals surface area contributed by atoms with Crippen LogP contribution in [0.15, 0.2) is 46.0 Å². The Hall–Kier alpha value is -2.66. The fourth-order valence-corrected chi connectivity index (χ4v) is 2.49. The molecular formula is C16H13NO4. The highest BCUT2D eigenvalue weighted by molar-refractivity contribution is 6.04. The highest BCUT2D eigenvalue weighted by Crippen LogP contribution is 2.35. The van der Waals surface area contributed by atoms with E-state index in [1.54, 1.807) is 12.1 Å². The summed E-state index contributed by atoms with van der Waals surface area (Å²) >= 11 is 0. The van der Waals surface area contributed by atoms with Crippen LogP contribution in [0.1, 0.15) is 0 Å². The molecule has 3 rings (SSSR count). The predicted octanol–water partition coefficient (Wildman–Crippen LogP) is 1.21. The molecule has 0 radical (unpaired) electrons. The van der Waals surface area contributed by atoms with Gasteiger partial charge in [-0.1, -0.05) is 30.3 Å². The summed E-state index contributed by atoms with van der Waals surface area (Å²) in [4.78, 5) is 22.8. The molecule has 3 aromatic carbocycles. The SMILES string of the molecule is O=c1c(O)c(-c2ccc(NCCO)c3ccccc23)c1=O. The summed E-state index contributed by atoms with van der Waals surface area (Å²) in [6.07, 6.45) is 0. The van der Waals surface area contributed by atoms with Crippen molar-refractivity contribution in [3.05, 3.63) is 56.8 Å². The Morgan fingerprint density at radius 1 is 0.952 bits per heavy atom. The van der Waals surface area contributed by atoms with Gasteiger partial charge in [0.05, 0.1) is 12.2 Å². The van der Waals surface area contributed by atoms with Crippen LogP contribution in [0.5, 0.6) is 5.75 Å². The van der Waals surface area contributed by atoms with Gasteiger partial charge >= 0.3 is 0 Å². The van der Waals surface area contributed by atoms with Crippen LogP contribution in [-0.4, -0.2) is 23.4 Å². The van der Waals surface area contributed by atoms with Crippen LogP contribution in [0.25, 0.3) is 21.9 Å². The van der Waals surface area contributed by atoms with Crippen LogP contribution < -0.4 is 16.2 Å². The zero-order valence-corrected chi connectivity index (χ0v) is 11.1. The van der Waals surface area contributed by atoms with E-state index in [9.17, 15) is 14.7 Å². The number of hydrogen-bond donors (Lipinski definition) is 3. The van der Waals surface area contributed by atoms with Crippen molar-refractivity contribution < 1.29 is 10.2 Å². The van der Waals surface area contributed by atoms with E-state index in [1.165, 1.54) is 0 Å². The van der Waals surface area contributed by atoms with Crippen molar-refractivity contribution in [1.82, 2.24) is 0 Å². The minimum absolute atomic E-state index is 0.00894. The molecule has 0 saturated carbocycles. The number of anilines is 1. The lowest BCUT2D eigenvalue weighted by atomic mass is 9.94. The van der Waals surface area contributed by atoms with Crippen LogP contribution in [0.2, 0.25) is 0 Å². The van der Waals surface area contributed by atoms with Gasteiger partial charge < -0.3 is 15.5 Å². The molecule has 0 amide bonds. The molecule has 0 spiro atoms. The molecule has 0 aromatic heterocycles. The van der Waals surface area contributed by atoms with Crippen molar-refractivity contribution in [2.24, 2.45) is 0 Å². The maximum absolute atomic E-state index is 11.7. The first-order chi connectivity index (χ1) is 10.1. The first-order valence-electron chi connectivity index (χ1n) is 6.54. The van der Waals surface area contributed by atoms with Gasteiger partial charge in [-0.15, -0.1) is 0 Å². The van der Waals surface area contributed by atoms with Gasteiger partial charge in [0.1, 0.15) is 0 Å². The number of aliphatic hydroxyl groups excluding tert-OH is 1. The normalized spacial score (nSPS) is 11.1. The van der Waals surface area contributed by atoms with Gasteiger partial charge in [-0.2, -0.15) is 0 Å². The van der Waals surface area contributed by atoms with Crippen LogP contribution >= 0.6 is 0 Å². The van der Waals surface area contributed by atoms with Crippen molar-refractivity contribution in [2.75, 3.05) is 18.5 Å². The number of aromatic hydroxyl groups is 1. The van der Waals surface area contributed by atoms with E-state index in [0.29, 0.717) is 12.1 Å². The molecule has 0 heterocycles. The summed E-state index contributed by atoms with van der Waals surface area (Å²) in [5, 5.41) is 23.2. The molecular weight excluding hydrogens is 270 g/mol.